The van der Waals surface area contributed by atoms with Gasteiger partial charge in [-0.05, 0) is 24.5 Å². The minimum absolute atomic E-state index is 0.0974. The Morgan fingerprint density at radius 1 is 1.30 bits per heavy atom. The highest BCUT2D eigenvalue weighted by atomic mass is 32.2. The number of sulfonamides is 1. The lowest BCUT2D eigenvalue weighted by Crippen LogP contribution is -2.42. The maximum atomic E-state index is 12.3. The van der Waals surface area contributed by atoms with Gasteiger partial charge in [-0.15, -0.1) is 6.42 Å². The highest BCUT2D eigenvalue weighted by molar-refractivity contribution is 7.92. The van der Waals surface area contributed by atoms with Crippen LogP contribution < -0.4 is 5.32 Å². The molecule has 2 rings (SSSR count). The number of benzene rings is 1. The van der Waals surface area contributed by atoms with Crippen LogP contribution in [0.3, 0.4) is 0 Å². The van der Waals surface area contributed by atoms with Crippen LogP contribution in [0.5, 0.6) is 0 Å². The summed E-state index contributed by atoms with van der Waals surface area (Å²) in [6.45, 7) is 0.891. The molecule has 0 aromatic heterocycles. The molecule has 1 saturated heterocycles. The van der Waals surface area contributed by atoms with Gasteiger partial charge in [0.2, 0.25) is 15.9 Å². The van der Waals surface area contributed by atoms with Crippen molar-refractivity contribution in [3.8, 4) is 12.3 Å². The Bertz CT molecular complexity index is 697. The van der Waals surface area contributed by atoms with E-state index in [4.69, 9.17) is 6.42 Å². The quantitative estimate of drug-likeness (QED) is 0.830. The summed E-state index contributed by atoms with van der Waals surface area (Å²) in [5.74, 6) is 2.09. The van der Waals surface area contributed by atoms with Crippen molar-refractivity contribution in [2.45, 2.75) is 12.8 Å². The van der Waals surface area contributed by atoms with E-state index in [2.05, 4.69) is 11.2 Å². The maximum absolute atomic E-state index is 12.3. The summed E-state index contributed by atoms with van der Waals surface area (Å²) in [5, 5.41) is 3.87. The Morgan fingerprint density at radius 3 is 2.57 bits per heavy atom. The van der Waals surface area contributed by atoms with Crippen LogP contribution in [0.2, 0.25) is 0 Å². The summed E-state index contributed by atoms with van der Waals surface area (Å²) < 4.78 is 26.1. The molecule has 0 radical (unpaired) electrons. The molecule has 0 unspecified atom stereocenters. The number of hydrogen-bond donors (Lipinski definition) is 1. The van der Waals surface area contributed by atoms with Crippen LogP contribution in [0.4, 0.5) is 0 Å². The second-order valence-electron chi connectivity index (χ2n) is 5.35. The lowest BCUT2D eigenvalue weighted by atomic mass is 9.97. The average Bonchev–Trinajstić information content (AvgIpc) is 2.59. The first-order valence-corrected chi connectivity index (χ1v) is 8.98. The summed E-state index contributed by atoms with van der Waals surface area (Å²) in [4.78, 5) is 11.8. The zero-order valence-electron chi connectivity index (χ0n) is 12.8. The summed E-state index contributed by atoms with van der Waals surface area (Å²) in [6, 6.07) is 9.27. The minimum atomic E-state index is -3.46. The molecule has 1 N–H and O–H groups in total. The van der Waals surface area contributed by atoms with Crippen LogP contribution in [-0.4, -0.2) is 38.3 Å². The summed E-state index contributed by atoms with van der Waals surface area (Å²) in [6.07, 6.45) is 7.71. The molecule has 5 nitrogen and oxygen atoms in total. The van der Waals surface area contributed by atoms with Crippen molar-refractivity contribution in [2.24, 2.45) is 5.92 Å². The molecule has 0 bridgehead atoms. The highest BCUT2D eigenvalue weighted by Gasteiger charge is 2.29. The molecular formula is C17H20N2O3S. The van der Waals surface area contributed by atoms with Gasteiger partial charge in [0.05, 0.1) is 6.54 Å². The Kier molecular flexibility index (Phi) is 5.97. The van der Waals surface area contributed by atoms with Gasteiger partial charge in [-0.25, -0.2) is 8.42 Å². The van der Waals surface area contributed by atoms with Gasteiger partial charge in [-0.1, -0.05) is 36.3 Å². The molecule has 0 aliphatic carbocycles. The number of hydrogen-bond acceptors (Lipinski definition) is 3. The topological polar surface area (TPSA) is 66.5 Å². The first-order chi connectivity index (χ1) is 11.0. The van der Waals surface area contributed by atoms with Crippen LogP contribution in [0, 0.1) is 18.3 Å². The van der Waals surface area contributed by atoms with Gasteiger partial charge in [-0.2, -0.15) is 4.31 Å². The summed E-state index contributed by atoms with van der Waals surface area (Å²) in [7, 11) is -3.46. The molecule has 1 amide bonds. The van der Waals surface area contributed by atoms with Gasteiger partial charge < -0.3 is 5.32 Å². The predicted octanol–water partition coefficient (Wildman–Crippen LogP) is 1.45. The average molecular weight is 332 g/mol. The first kappa shape index (κ1) is 17.3. The van der Waals surface area contributed by atoms with Crippen LogP contribution in [-0.2, 0) is 14.8 Å². The van der Waals surface area contributed by atoms with Gasteiger partial charge in [0, 0.05) is 24.4 Å². The molecule has 0 atom stereocenters. The zero-order chi connectivity index (χ0) is 16.7. The van der Waals surface area contributed by atoms with E-state index in [1.165, 1.54) is 9.71 Å². The van der Waals surface area contributed by atoms with E-state index in [1.54, 1.807) is 6.08 Å². The van der Waals surface area contributed by atoms with E-state index in [-0.39, 0.29) is 18.4 Å². The standard InChI is InChI=1S/C17H20N2O3S/c1-2-11-18-17(20)16-8-12-19(13-9-16)23(21,22)14-10-15-6-4-3-5-7-15/h1,3-7,10,14,16H,8-9,11-13H2,(H,18,20)/b14-10+. The Hall–Kier alpha value is -2.10. The minimum Gasteiger partial charge on any atom is -0.345 e. The molecule has 23 heavy (non-hydrogen) atoms. The smallest absolute Gasteiger partial charge is 0.236 e. The van der Waals surface area contributed by atoms with E-state index in [9.17, 15) is 13.2 Å². The van der Waals surface area contributed by atoms with E-state index in [1.807, 2.05) is 30.3 Å². The van der Waals surface area contributed by atoms with Gasteiger partial charge >= 0.3 is 0 Å². The van der Waals surface area contributed by atoms with Crippen molar-refractivity contribution in [1.82, 2.24) is 9.62 Å². The Labute approximate surface area is 137 Å². The number of nitrogens with zero attached hydrogens (tertiary/aromatic N) is 1. The number of rotatable bonds is 5. The van der Waals surface area contributed by atoms with Crippen molar-refractivity contribution >= 4 is 22.0 Å². The summed E-state index contributed by atoms with van der Waals surface area (Å²) in [5.41, 5.74) is 0.833. The van der Waals surface area contributed by atoms with Crippen LogP contribution >= 0.6 is 0 Å². The molecule has 1 aromatic rings. The van der Waals surface area contributed by atoms with E-state index in [0.717, 1.165) is 5.56 Å². The van der Waals surface area contributed by atoms with Crippen LogP contribution in [0.1, 0.15) is 18.4 Å². The van der Waals surface area contributed by atoms with E-state index < -0.39 is 10.0 Å². The molecule has 1 heterocycles. The number of nitrogens with one attached hydrogen (secondary N) is 1. The number of piperidine rings is 1. The third-order valence-electron chi connectivity index (χ3n) is 3.78. The number of carbonyl (C=O) groups is 1. The molecule has 0 spiro atoms. The Balaban J connectivity index is 1.92. The monoisotopic (exact) mass is 332 g/mol. The highest BCUT2D eigenvalue weighted by Crippen LogP contribution is 2.21. The van der Waals surface area contributed by atoms with E-state index in [0.29, 0.717) is 25.9 Å². The largest absolute Gasteiger partial charge is 0.345 e. The zero-order valence-corrected chi connectivity index (χ0v) is 13.6. The van der Waals surface area contributed by atoms with Gasteiger partial charge in [-0.3, -0.25) is 4.79 Å². The van der Waals surface area contributed by atoms with Crippen molar-refractivity contribution in [3.05, 3.63) is 41.3 Å². The molecule has 1 fully saturated rings. The number of terminal acetylenes is 1. The van der Waals surface area contributed by atoms with Crippen molar-refractivity contribution in [3.63, 3.8) is 0 Å². The SMILES string of the molecule is C#CCNC(=O)C1CCN(S(=O)(=O)/C=C/c2ccccc2)CC1. The fourth-order valence-corrected chi connectivity index (χ4v) is 3.69. The normalized spacial score (nSPS) is 17.0. The van der Waals surface area contributed by atoms with Gasteiger partial charge in [0.15, 0.2) is 0 Å². The molecular weight excluding hydrogens is 312 g/mol. The Morgan fingerprint density at radius 2 is 1.96 bits per heavy atom. The molecule has 1 aliphatic rings. The second-order valence-corrected chi connectivity index (χ2v) is 7.17. The lowest BCUT2D eigenvalue weighted by Gasteiger charge is -2.29. The third kappa shape index (κ3) is 4.95. The fraction of sp³-hybridized carbons (Fsp3) is 0.353. The van der Waals surface area contributed by atoms with Crippen LogP contribution in [0.15, 0.2) is 35.7 Å². The van der Waals surface area contributed by atoms with Crippen molar-refractivity contribution in [2.75, 3.05) is 19.6 Å². The number of amides is 1. The molecule has 1 aromatic carbocycles. The fourth-order valence-electron chi connectivity index (χ4n) is 2.47. The van der Waals surface area contributed by atoms with E-state index >= 15 is 0 Å². The van der Waals surface area contributed by atoms with Gasteiger partial charge in [0.25, 0.3) is 0 Å². The van der Waals surface area contributed by atoms with Crippen molar-refractivity contribution in [1.29, 1.82) is 0 Å². The second kappa shape index (κ2) is 7.95. The first-order valence-electron chi connectivity index (χ1n) is 7.47. The molecule has 1 aliphatic heterocycles. The summed E-state index contributed by atoms with van der Waals surface area (Å²) >= 11 is 0. The molecule has 6 heteroatoms. The number of carbonyl (C=O) groups excluding carboxylic acids is 1. The predicted molar refractivity (Wildman–Crippen MR) is 90.5 cm³/mol. The third-order valence-corrected chi connectivity index (χ3v) is 5.35. The lowest BCUT2D eigenvalue weighted by molar-refractivity contribution is -0.125. The van der Waals surface area contributed by atoms with Crippen LogP contribution in [0.25, 0.3) is 6.08 Å². The molecule has 0 saturated carbocycles. The van der Waals surface area contributed by atoms with Crippen molar-refractivity contribution < 1.29 is 13.2 Å². The maximum Gasteiger partial charge on any atom is 0.236 e. The molecule has 122 valence electrons. The van der Waals surface area contributed by atoms with Gasteiger partial charge in [0.1, 0.15) is 0 Å².